The van der Waals surface area contributed by atoms with Crippen LogP contribution in [-0.4, -0.2) is 21.3 Å². The zero-order chi connectivity index (χ0) is 17.2. The van der Waals surface area contributed by atoms with Crippen LogP contribution in [0.15, 0.2) is 66.7 Å². The summed E-state index contributed by atoms with van der Waals surface area (Å²) < 4.78 is 7.51. The highest BCUT2D eigenvalue weighted by atomic mass is 16.5. The van der Waals surface area contributed by atoms with Crippen LogP contribution in [0.25, 0.3) is 16.9 Å². The maximum atomic E-state index is 11.5. The van der Waals surface area contributed by atoms with E-state index in [1.807, 2.05) is 66.7 Å². The molecule has 0 saturated heterocycles. The number of primary amides is 1. The zero-order valence-corrected chi connectivity index (χ0v) is 13.6. The number of rotatable bonds is 5. The molecule has 3 aromatic rings. The summed E-state index contributed by atoms with van der Waals surface area (Å²) in [5.41, 5.74) is 7.03. The number of aromatic nitrogens is 2. The second kappa shape index (κ2) is 6.20. The quantitative estimate of drug-likeness (QED) is 0.784. The van der Waals surface area contributed by atoms with Crippen molar-refractivity contribution in [3.63, 3.8) is 0 Å². The van der Waals surface area contributed by atoms with Crippen LogP contribution in [0.5, 0.6) is 5.88 Å². The van der Waals surface area contributed by atoms with Crippen molar-refractivity contribution in [3.8, 4) is 22.8 Å². The number of nitrogens with zero attached hydrogens (tertiary/aromatic N) is 2. The standard InChI is InChI=1S/C19H19N3O2/c1-19(2,18(20)23)24-17-13-16(14-9-5-3-6-10-14)22(21-17)15-11-7-4-8-12-15/h3-13H,1-2H3,(H2,20,23). The third-order valence-corrected chi connectivity index (χ3v) is 3.71. The van der Waals surface area contributed by atoms with Gasteiger partial charge in [0.2, 0.25) is 5.88 Å². The molecule has 0 aliphatic carbocycles. The van der Waals surface area contributed by atoms with E-state index >= 15 is 0 Å². The first-order valence-corrected chi connectivity index (χ1v) is 7.67. The van der Waals surface area contributed by atoms with E-state index in [2.05, 4.69) is 5.10 Å². The average Bonchev–Trinajstić information content (AvgIpc) is 2.99. The van der Waals surface area contributed by atoms with Gasteiger partial charge in [0.1, 0.15) is 0 Å². The van der Waals surface area contributed by atoms with Gasteiger partial charge in [0.25, 0.3) is 5.91 Å². The first-order valence-electron chi connectivity index (χ1n) is 7.67. The van der Waals surface area contributed by atoms with E-state index < -0.39 is 11.5 Å². The van der Waals surface area contributed by atoms with Crippen molar-refractivity contribution in [1.29, 1.82) is 0 Å². The molecule has 3 rings (SSSR count). The van der Waals surface area contributed by atoms with Crippen LogP contribution < -0.4 is 10.5 Å². The summed E-state index contributed by atoms with van der Waals surface area (Å²) in [6, 6.07) is 21.5. The van der Waals surface area contributed by atoms with E-state index in [4.69, 9.17) is 10.5 Å². The second-order valence-electron chi connectivity index (χ2n) is 5.96. The molecule has 1 aromatic heterocycles. The predicted molar refractivity (Wildman–Crippen MR) is 92.9 cm³/mol. The summed E-state index contributed by atoms with van der Waals surface area (Å²) >= 11 is 0. The van der Waals surface area contributed by atoms with Gasteiger partial charge in [-0.05, 0) is 26.0 Å². The molecular formula is C19H19N3O2. The van der Waals surface area contributed by atoms with Crippen molar-refractivity contribution in [1.82, 2.24) is 9.78 Å². The number of ether oxygens (including phenoxy) is 1. The highest BCUT2D eigenvalue weighted by Gasteiger charge is 2.28. The Hall–Kier alpha value is -3.08. The largest absolute Gasteiger partial charge is 0.460 e. The lowest BCUT2D eigenvalue weighted by molar-refractivity contribution is -0.130. The molecule has 0 unspecified atom stereocenters. The molecule has 0 aliphatic rings. The molecule has 1 heterocycles. The number of hydrogen-bond donors (Lipinski definition) is 1. The van der Waals surface area contributed by atoms with Gasteiger partial charge in [-0.3, -0.25) is 4.79 Å². The van der Waals surface area contributed by atoms with Gasteiger partial charge in [-0.1, -0.05) is 48.5 Å². The molecule has 2 N–H and O–H groups in total. The fourth-order valence-corrected chi connectivity index (χ4v) is 2.30. The first-order chi connectivity index (χ1) is 11.5. The minimum Gasteiger partial charge on any atom is -0.460 e. The van der Waals surface area contributed by atoms with Gasteiger partial charge >= 0.3 is 0 Å². The topological polar surface area (TPSA) is 70.1 Å². The van der Waals surface area contributed by atoms with Gasteiger partial charge in [-0.2, -0.15) is 0 Å². The van der Waals surface area contributed by atoms with E-state index in [1.165, 1.54) is 0 Å². The number of hydrogen-bond acceptors (Lipinski definition) is 3. The van der Waals surface area contributed by atoms with Crippen LogP contribution in [0.4, 0.5) is 0 Å². The third kappa shape index (κ3) is 3.15. The molecule has 2 aromatic carbocycles. The van der Waals surface area contributed by atoms with Crippen molar-refractivity contribution < 1.29 is 9.53 Å². The number of amides is 1. The molecule has 0 fully saturated rings. The Morgan fingerprint density at radius 1 is 1.04 bits per heavy atom. The molecule has 0 atom stereocenters. The molecule has 5 nitrogen and oxygen atoms in total. The van der Waals surface area contributed by atoms with E-state index in [1.54, 1.807) is 18.5 Å². The fourth-order valence-electron chi connectivity index (χ4n) is 2.30. The third-order valence-electron chi connectivity index (χ3n) is 3.71. The summed E-state index contributed by atoms with van der Waals surface area (Å²) in [7, 11) is 0. The van der Waals surface area contributed by atoms with E-state index in [-0.39, 0.29) is 0 Å². The zero-order valence-electron chi connectivity index (χ0n) is 13.6. The van der Waals surface area contributed by atoms with Crippen LogP contribution >= 0.6 is 0 Å². The Morgan fingerprint density at radius 2 is 1.62 bits per heavy atom. The smallest absolute Gasteiger partial charge is 0.261 e. The van der Waals surface area contributed by atoms with Crippen molar-refractivity contribution in [2.45, 2.75) is 19.4 Å². The monoisotopic (exact) mass is 321 g/mol. The highest BCUT2D eigenvalue weighted by molar-refractivity contribution is 5.82. The number of benzene rings is 2. The predicted octanol–water partition coefficient (Wildman–Crippen LogP) is 3.18. The summed E-state index contributed by atoms with van der Waals surface area (Å²) in [5, 5.41) is 4.51. The van der Waals surface area contributed by atoms with Crippen LogP contribution in [0.1, 0.15) is 13.8 Å². The molecule has 0 spiro atoms. The Balaban J connectivity index is 2.08. The molecule has 1 amide bonds. The summed E-state index contributed by atoms with van der Waals surface area (Å²) in [5.74, 6) is -0.195. The summed E-state index contributed by atoms with van der Waals surface area (Å²) in [4.78, 5) is 11.5. The Labute approximate surface area is 140 Å². The van der Waals surface area contributed by atoms with Gasteiger partial charge in [0, 0.05) is 11.6 Å². The minimum atomic E-state index is -1.14. The fraction of sp³-hybridized carbons (Fsp3) is 0.158. The summed E-state index contributed by atoms with van der Waals surface area (Å²) in [6.45, 7) is 3.25. The van der Waals surface area contributed by atoms with Gasteiger partial charge in [-0.15, -0.1) is 5.10 Å². The van der Waals surface area contributed by atoms with Gasteiger partial charge < -0.3 is 10.5 Å². The first kappa shape index (κ1) is 15.8. The Morgan fingerprint density at radius 3 is 2.21 bits per heavy atom. The lowest BCUT2D eigenvalue weighted by atomic mass is 10.1. The number of carbonyl (C=O) groups excluding carboxylic acids is 1. The second-order valence-corrected chi connectivity index (χ2v) is 5.96. The van der Waals surface area contributed by atoms with Crippen molar-refractivity contribution in [2.75, 3.05) is 0 Å². The normalized spacial score (nSPS) is 11.2. The Bertz CT molecular complexity index is 783. The molecule has 0 radical (unpaired) electrons. The molecule has 0 saturated carbocycles. The molecule has 5 heteroatoms. The van der Waals surface area contributed by atoms with Crippen LogP contribution in [0, 0.1) is 0 Å². The van der Waals surface area contributed by atoms with E-state index in [0.29, 0.717) is 5.88 Å². The molecule has 122 valence electrons. The van der Waals surface area contributed by atoms with E-state index in [9.17, 15) is 4.79 Å². The maximum Gasteiger partial charge on any atom is 0.261 e. The van der Waals surface area contributed by atoms with Gasteiger partial charge in [0.15, 0.2) is 5.60 Å². The lowest BCUT2D eigenvalue weighted by Gasteiger charge is -2.20. The van der Waals surface area contributed by atoms with Crippen molar-refractivity contribution in [2.24, 2.45) is 5.73 Å². The van der Waals surface area contributed by atoms with Crippen molar-refractivity contribution >= 4 is 5.91 Å². The number of carbonyl (C=O) groups is 1. The summed E-state index contributed by atoms with van der Waals surface area (Å²) in [6.07, 6.45) is 0. The van der Waals surface area contributed by atoms with Crippen LogP contribution in [-0.2, 0) is 4.79 Å². The highest BCUT2D eigenvalue weighted by Crippen LogP contribution is 2.28. The molecule has 24 heavy (non-hydrogen) atoms. The SMILES string of the molecule is CC(C)(Oc1cc(-c2ccccc2)n(-c2ccccc2)n1)C(N)=O. The van der Waals surface area contributed by atoms with Crippen LogP contribution in [0.2, 0.25) is 0 Å². The molecular weight excluding hydrogens is 302 g/mol. The maximum absolute atomic E-state index is 11.5. The van der Waals surface area contributed by atoms with Gasteiger partial charge in [0.05, 0.1) is 11.4 Å². The average molecular weight is 321 g/mol. The Kier molecular flexibility index (Phi) is 4.08. The van der Waals surface area contributed by atoms with Crippen LogP contribution in [0.3, 0.4) is 0 Å². The minimum absolute atomic E-state index is 0.349. The lowest BCUT2D eigenvalue weighted by Crippen LogP contribution is -2.43. The molecule has 0 aliphatic heterocycles. The van der Waals surface area contributed by atoms with Crippen molar-refractivity contribution in [3.05, 3.63) is 66.7 Å². The van der Waals surface area contributed by atoms with E-state index in [0.717, 1.165) is 16.9 Å². The molecule has 0 bridgehead atoms. The van der Waals surface area contributed by atoms with Gasteiger partial charge in [-0.25, -0.2) is 4.68 Å². The number of nitrogens with two attached hydrogens (primary N) is 1. The number of para-hydroxylation sites is 1.